The lowest BCUT2D eigenvalue weighted by atomic mass is 9.99. The van der Waals surface area contributed by atoms with Gasteiger partial charge in [0.15, 0.2) is 0 Å². The molecule has 2 aliphatic heterocycles. The van der Waals surface area contributed by atoms with E-state index in [0.717, 1.165) is 88.3 Å². The zero-order chi connectivity index (χ0) is 33.1. The molecule has 242 valence electrons. The number of allylic oxidation sites excluding steroid dienone is 4. The fourth-order valence-corrected chi connectivity index (χ4v) is 7.10. The topological polar surface area (TPSA) is 110 Å². The number of H-pyrrole nitrogens is 2. The Morgan fingerprint density at radius 2 is 1.20 bits per heavy atom. The van der Waals surface area contributed by atoms with E-state index >= 15 is 0 Å². The van der Waals surface area contributed by atoms with Gasteiger partial charge in [-0.3, -0.25) is 9.59 Å². The van der Waals surface area contributed by atoms with Gasteiger partial charge in [0.25, 0.3) is 0 Å². The number of aromatic amines is 2. The first kappa shape index (κ1) is 33.9. The van der Waals surface area contributed by atoms with Crippen molar-refractivity contribution >= 4 is 95.4 Å². The van der Waals surface area contributed by atoms with Gasteiger partial charge < -0.3 is 19.4 Å². The molecular weight excluding hydrogens is 691 g/mol. The Kier molecular flexibility index (Phi) is 10.8. The van der Waals surface area contributed by atoms with Crippen LogP contribution in [0.1, 0.15) is 79.0 Å². The van der Waals surface area contributed by atoms with Crippen LogP contribution in [0.15, 0.2) is 28.7 Å². The normalized spacial score (nSPS) is 13.0. The van der Waals surface area contributed by atoms with Gasteiger partial charge in [0.05, 0.1) is 42.5 Å². The number of halogens is 3. The number of hydrogen-bond donors (Lipinski definition) is 2. The second kappa shape index (κ2) is 14.6. The predicted octanol–water partition coefficient (Wildman–Crippen LogP) is 8.72. The number of nitrogens with zero attached hydrogens (tertiary/aromatic N) is 2. The van der Waals surface area contributed by atoms with E-state index in [9.17, 15) is 9.59 Å². The third kappa shape index (κ3) is 6.82. The highest BCUT2D eigenvalue weighted by Crippen LogP contribution is 2.38. The van der Waals surface area contributed by atoms with Crippen LogP contribution in [0.25, 0.3) is 44.4 Å². The molecule has 0 radical (unpaired) electrons. The molecule has 0 amide bonds. The van der Waals surface area contributed by atoms with E-state index in [2.05, 4.69) is 51.9 Å². The van der Waals surface area contributed by atoms with Crippen molar-refractivity contribution in [2.45, 2.75) is 59.3 Å². The number of rotatable bonds is 10. The molecule has 8 bridgehead atoms. The van der Waals surface area contributed by atoms with Gasteiger partial charge in [-0.05, 0) is 126 Å². The van der Waals surface area contributed by atoms with E-state index < -0.39 is 0 Å². The summed E-state index contributed by atoms with van der Waals surface area (Å²) in [5.41, 5.74) is 13.9. The van der Waals surface area contributed by atoms with E-state index in [1.165, 1.54) is 14.2 Å². The first-order valence-electron chi connectivity index (χ1n) is 15.2. The third-order valence-corrected chi connectivity index (χ3v) is 10.0. The molecule has 5 rings (SSSR count). The van der Waals surface area contributed by atoms with Crippen molar-refractivity contribution in [3.05, 3.63) is 68.2 Å². The Morgan fingerprint density at radius 1 is 0.674 bits per heavy atom. The van der Waals surface area contributed by atoms with Crippen molar-refractivity contribution in [3.63, 3.8) is 0 Å². The van der Waals surface area contributed by atoms with Crippen molar-refractivity contribution < 1.29 is 19.1 Å². The van der Waals surface area contributed by atoms with Crippen LogP contribution in [-0.2, 0) is 31.9 Å². The first-order valence-corrected chi connectivity index (χ1v) is 17.0. The number of aryl methyl sites for hydroxylation is 3. The average molecular weight is 729 g/mol. The van der Waals surface area contributed by atoms with Crippen molar-refractivity contribution in [2.24, 2.45) is 0 Å². The number of alkyl halides is 2. The van der Waals surface area contributed by atoms with E-state index in [0.29, 0.717) is 37.4 Å². The molecule has 0 aromatic carbocycles. The van der Waals surface area contributed by atoms with Crippen LogP contribution in [0.4, 0.5) is 0 Å². The molecule has 3 aromatic heterocycles. The molecular formula is C35H37BrCl2N4O4. The molecule has 0 saturated heterocycles. The summed E-state index contributed by atoms with van der Waals surface area (Å²) < 4.78 is 10.7. The first-order chi connectivity index (χ1) is 22.1. The number of hydrogen-bond acceptors (Lipinski definition) is 6. The van der Waals surface area contributed by atoms with Gasteiger partial charge in [-0.2, -0.15) is 0 Å². The summed E-state index contributed by atoms with van der Waals surface area (Å²) in [5, 5.41) is 0. The molecule has 46 heavy (non-hydrogen) atoms. The van der Waals surface area contributed by atoms with Gasteiger partial charge in [-0.25, -0.2) is 9.97 Å². The largest absolute Gasteiger partial charge is 0.469 e. The molecule has 5 heterocycles. The Bertz CT molecular complexity index is 1940. The predicted molar refractivity (Wildman–Crippen MR) is 190 cm³/mol. The van der Waals surface area contributed by atoms with Crippen LogP contribution in [-0.4, -0.2) is 57.9 Å². The summed E-state index contributed by atoms with van der Waals surface area (Å²) in [6.45, 7) is 6.19. The number of nitrogens with one attached hydrogen (secondary N) is 2. The quantitative estimate of drug-likeness (QED) is 0.160. The molecule has 11 heteroatoms. The maximum Gasteiger partial charge on any atom is 0.305 e. The SMILES string of the molecule is COC(=O)CCC1=C(C)c2cc3nc(cc4[nH]c(cc5[nH]c(cc1n2)c(CCC(=O)OC)c5Br)c(C)c4CCCl)C(C)=C3CCCl. The Balaban J connectivity index is 1.90. The Labute approximate surface area is 286 Å². The zero-order valence-electron chi connectivity index (χ0n) is 26.6. The highest BCUT2D eigenvalue weighted by Gasteiger charge is 2.22. The van der Waals surface area contributed by atoms with Gasteiger partial charge in [0.1, 0.15) is 0 Å². The number of carbonyl (C=O) groups excluding carboxylic acids is 2. The summed E-state index contributed by atoms with van der Waals surface area (Å²) in [6, 6.07) is 8.16. The smallest absolute Gasteiger partial charge is 0.305 e. The number of aromatic nitrogens is 4. The van der Waals surface area contributed by atoms with Crippen molar-refractivity contribution in [1.29, 1.82) is 0 Å². The monoisotopic (exact) mass is 726 g/mol. The molecule has 0 aliphatic carbocycles. The molecule has 0 saturated carbocycles. The zero-order valence-corrected chi connectivity index (χ0v) is 29.7. The fourth-order valence-electron chi connectivity index (χ4n) is 6.09. The molecule has 3 aromatic rings. The van der Waals surface area contributed by atoms with Gasteiger partial charge in [0.2, 0.25) is 0 Å². The van der Waals surface area contributed by atoms with Crippen LogP contribution in [0, 0.1) is 6.92 Å². The van der Waals surface area contributed by atoms with E-state index in [1.807, 2.05) is 19.1 Å². The highest BCUT2D eigenvalue weighted by molar-refractivity contribution is 9.10. The highest BCUT2D eigenvalue weighted by atomic mass is 79.9. The van der Waals surface area contributed by atoms with Crippen molar-refractivity contribution in [1.82, 2.24) is 19.9 Å². The molecule has 2 aliphatic rings. The molecule has 0 atom stereocenters. The van der Waals surface area contributed by atoms with Crippen LogP contribution < -0.4 is 0 Å². The van der Waals surface area contributed by atoms with Gasteiger partial charge in [-0.1, -0.05) is 0 Å². The third-order valence-electron chi connectivity index (χ3n) is 8.75. The molecule has 0 fully saturated rings. The van der Waals surface area contributed by atoms with E-state index in [4.69, 9.17) is 42.6 Å². The van der Waals surface area contributed by atoms with Gasteiger partial charge in [-0.15, -0.1) is 23.2 Å². The maximum absolute atomic E-state index is 12.2. The number of methoxy groups -OCH3 is 2. The molecule has 0 spiro atoms. The fraction of sp³-hybridized carbons (Fsp3) is 0.371. The second-order valence-corrected chi connectivity index (χ2v) is 12.9. The van der Waals surface area contributed by atoms with Crippen LogP contribution >= 0.6 is 39.1 Å². The summed E-state index contributed by atoms with van der Waals surface area (Å²) in [5.74, 6) is 0.353. The summed E-state index contributed by atoms with van der Waals surface area (Å²) in [7, 11) is 2.78. The van der Waals surface area contributed by atoms with E-state index in [1.54, 1.807) is 0 Å². The van der Waals surface area contributed by atoms with Crippen LogP contribution in [0.2, 0.25) is 0 Å². The number of esters is 2. The number of carbonyl (C=O) groups is 2. The van der Waals surface area contributed by atoms with Crippen molar-refractivity contribution in [2.75, 3.05) is 26.0 Å². The number of fused-ring (bicyclic) bond motifs is 8. The average Bonchev–Trinajstić information content (AvgIpc) is 3.69. The van der Waals surface area contributed by atoms with E-state index in [-0.39, 0.29) is 24.8 Å². The number of ether oxygens (including phenoxy) is 2. The lowest BCUT2D eigenvalue weighted by molar-refractivity contribution is -0.141. The molecule has 0 unspecified atom stereocenters. The summed E-state index contributed by atoms with van der Waals surface area (Å²) in [4.78, 5) is 41.8. The van der Waals surface area contributed by atoms with Crippen LogP contribution in [0.5, 0.6) is 0 Å². The lowest BCUT2D eigenvalue weighted by Crippen LogP contribution is -2.02. The Hall–Kier alpha value is -3.40. The van der Waals surface area contributed by atoms with Crippen molar-refractivity contribution in [3.8, 4) is 0 Å². The minimum atomic E-state index is -0.295. The minimum absolute atomic E-state index is 0.211. The summed E-state index contributed by atoms with van der Waals surface area (Å²) in [6.07, 6.45) is 2.68. The Morgan fingerprint density at radius 3 is 1.83 bits per heavy atom. The van der Waals surface area contributed by atoms with Gasteiger partial charge >= 0.3 is 11.9 Å². The second-order valence-electron chi connectivity index (χ2n) is 11.4. The molecule has 2 N–H and O–H groups in total. The lowest BCUT2D eigenvalue weighted by Gasteiger charge is -2.05. The van der Waals surface area contributed by atoms with Crippen LogP contribution in [0.3, 0.4) is 0 Å². The van der Waals surface area contributed by atoms with Gasteiger partial charge in [0, 0.05) is 45.6 Å². The summed E-state index contributed by atoms with van der Waals surface area (Å²) >= 11 is 16.4. The molecule has 8 nitrogen and oxygen atoms in total. The maximum atomic E-state index is 12.2. The minimum Gasteiger partial charge on any atom is -0.469 e. The standard InChI is InChI=1S/C35H37BrCl2N4O4/c1-18-21(6-8-33(43)45-4)30-17-31-24(7-9-34(44)46-5)35(36)32(42-31)16-27-20(3)23(11-13-38)29(41-27)15-26-19(2)22(10-12-37)28(39-26)14-25(18)40-30/h14-17,41-42H,6-13H2,1-5H3.